The van der Waals surface area contributed by atoms with Gasteiger partial charge in [0, 0.05) is 12.2 Å². The molecule has 0 saturated carbocycles. The van der Waals surface area contributed by atoms with Crippen molar-refractivity contribution in [1.29, 1.82) is 0 Å². The lowest BCUT2D eigenvalue weighted by atomic mass is 10.1. The third-order valence-corrected chi connectivity index (χ3v) is 5.23. The highest BCUT2D eigenvalue weighted by Gasteiger charge is 2.34. The molecule has 34 heavy (non-hydrogen) atoms. The molecule has 4 aromatic rings. The van der Waals surface area contributed by atoms with Crippen molar-refractivity contribution in [1.82, 2.24) is 4.98 Å². The predicted molar refractivity (Wildman–Crippen MR) is 119 cm³/mol. The summed E-state index contributed by atoms with van der Waals surface area (Å²) in [6, 6.07) is 15.3. The first kappa shape index (κ1) is 23.0. The van der Waals surface area contributed by atoms with Gasteiger partial charge < -0.3 is 15.2 Å². The highest BCUT2D eigenvalue weighted by atomic mass is 19.4. The van der Waals surface area contributed by atoms with E-state index >= 15 is 0 Å². The molecule has 0 aliphatic carbocycles. The van der Waals surface area contributed by atoms with Gasteiger partial charge in [-0.2, -0.15) is 13.2 Å². The number of fused-ring (bicyclic) bond motifs is 1. The van der Waals surface area contributed by atoms with E-state index in [1.165, 1.54) is 12.1 Å². The van der Waals surface area contributed by atoms with Gasteiger partial charge in [0.15, 0.2) is 0 Å². The summed E-state index contributed by atoms with van der Waals surface area (Å²) in [4.78, 5) is 15.4. The normalized spacial score (nSPS) is 12.4. The Hall–Kier alpha value is -4.14. The minimum atomic E-state index is -4.86. The molecule has 1 atom stereocenters. The maximum atomic E-state index is 13.7. The lowest BCUT2D eigenvalue weighted by Gasteiger charge is -2.18. The van der Waals surface area contributed by atoms with Crippen LogP contribution in [-0.4, -0.2) is 16.1 Å². The Morgan fingerprint density at radius 3 is 2.47 bits per heavy atom. The maximum Gasteiger partial charge on any atom is 0.419 e. The van der Waals surface area contributed by atoms with Gasteiger partial charge in [-0.05, 0) is 60.3 Å². The smallest absolute Gasteiger partial charge is 0.419 e. The molecule has 174 valence electrons. The summed E-state index contributed by atoms with van der Waals surface area (Å²) in [5.74, 6) is -1.93. The van der Waals surface area contributed by atoms with Crippen molar-refractivity contribution in [3.05, 3.63) is 95.4 Å². The fourth-order valence-corrected chi connectivity index (χ4v) is 3.51. The quantitative estimate of drug-likeness (QED) is 0.295. The number of carboxylic acid groups (broad SMARTS) is 1. The van der Waals surface area contributed by atoms with E-state index in [9.17, 15) is 22.4 Å². The van der Waals surface area contributed by atoms with E-state index in [4.69, 9.17) is 9.84 Å². The zero-order chi connectivity index (χ0) is 24.5. The van der Waals surface area contributed by atoms with Gasteiger partial charge in [-0.1, -0.05) is 24.3 Å². The van der Waals surface area contributed by atoms with Crippen LogP contribution in [-0.2, 0) is 6.18 Å². The highest BCUT2D eigenvalue weighted by molar-refractivity contribution is 5.97. The number of ether oxygens (including phenoxy) is 1. The summed E-state index contributed by atoms with van der Waals surface area (Å²) in [6.07, 6.45) is -3.28. The van der Waals surface area contributed by atoms with Crippen molar-refractivity contribution >= 4 is 22.6 Å². The lowest BCUT2D eigenvalue weighted by molar-refractivity contribution is -0.140. The number of hydrogen-bond donors (Lipinski definition) is 2. The zero-order valence-electron chi connectivity index (χ0n) is 17.7. The van der Waals surface area contributed by atoms with E-state index in [0.29, 0.717) is 23.3 Å². The average Bonchev–Trinajstić information content (AvgIpc) is 2.80. The van der Waals surface area contributed by atoms with Crippen LogP contribution in [0.25, 0.3) is 10.8 Å². The first-order valence-electron chi connectivity index (χ1n) is 10.2. The van der Waals surface area contributed by atoms with Crippen molar-refractivity contribution in [2.24, 2.45) is 0 Å². The van der Waals surface area contributed by atoms with E-state index in [0.717, 1.165) is 17.0 Å². The number of anilines is 1. The molecule has 0 radical (unpaired) electrons. The van der Waals surface area contributed by atoms with Crippen LogP contribution in [0.3, 0.4) is 0 Å². The number of pyridine rings is 1. The van der Waals surface area contributed by atoms with Gasteiger partial charge in [-0.25, -0.2) is 14.2 Å². The van der Waals surface area contributed by atoms with Crippen LogP contribution >= 0.6 is 0 Å². The number of aromatic carboxylic acids is 1. The van der Waals surface area contributed by atoms with Crippen LogP contribution in [0.5, 0.6) is 11.5 Å². The largest absolute Gasteiger partial charge is 0.478 e. The van der Waals surface area contributed by atoms with Crippen molar-refractivity contribution in [3.63, 3.8) is 0 Å². The number of halogens is 4. The number of nitrogens with one attached hydrogen (secondary N) is 1. The number of alkyl halides is 3. The van der Waals surface area contributed by atoms with Gasteiger partial charge in [0.25, 0.3) is 0 Å². The molecule has 1 aromatic heterocycles. The minimum Gasteiger partial charge on any atom is -0.478 e. The van der Waals surface area contributed by atoms with E-state index < -0.39 is 23.5 Å². The van der Waals surface area contributed by atoms with Crippen molar-refractivity contribution in [2.75, 3.05) is 5.32 Å². The molecular formula is C25H18F4N2O3. The Balaban J connectivity index is 1.69. The second kappa shape index (κ2) is 9.01. The van der Waals surface area contributed by atoms with Gasteiger partial charge in [0.05, 0.1) is 16.5 Å². The first-order chi connectivity index (χ1) is 16.1. The topological polar surface area (TPSA) is 71.5 Å². The number of nitrogens with zero attached hydrogens (tertiary/aromatic N) is 1. The summed E-state index contributed by atoms with van der Waals surface area (Å²) in [6.45, 7) is 1.86. The lowest BCUT2D eigenvalue weighted by Crippen LogP contribution is -2.09. The van der Waals surface area contributed by atoms with Crippen LogP contribution in [0.15, 0.2) is 72.9 Å². The second-order valence-corrected chi connectivity index (χ2v) is 7.55. The fraction of sp³-hybridized carbons (Fsp3) is 0.120. The number of rotatable bonds is 6. The Morgan fingerprint density at radius 2 is 1.79 bits per heavy atom. The third kappa shape index (κ3) is 4.78. The molecule has 2 N–H and O–H groups in total. The Kier molecular flexibility index (Phi) is 6.10. The summed E-state index contributed by atoms with van der Waals surface area (Å²) in [7, 11) is 0. The van der Waals surface area contributed by atoms with Crippen LogP contribution in [0.1, 0.15) is 34.5 Å². The minimum absolute atomic E-state index is 0.160. The van der Waals surface area contributed by atoms with Gasteiger partial charge in [-0.3, -0.25) is 0 Å². The standard InChI is InChI=1S/C25H18F4N2O3/c1-14(15-5-7-17(8-6-15)24(32)33)31-23-22-16(11-12-30-23)3-2-4-21(22)34-18-9-10-20(26)19(13-18)25(27,28)29/h2-14H,1H3,(H,30,31)(H,32,33)/t14-/m0/s1. The molecule has 0 saturated heterocycles. The molecule has 0 bridgehead atoms. The van der Waals surface area contributed by atoms with Crippen molar-refractivity contribution in [3.8, 4) is 11.5 Å². The van der Waals surface area contributed by atoms with E-state index in [-0.39, 0.29) is 23.1 Å². The molecule has 0 aliphatic rings. The SMILES string of the molecule is C[C@H](Nc1nccc2cccc(Oc3ccc(F)c(C(F)(F)F)c3)c12)c1ccc(C(=O)O)cc1. The second-order valence-electron chi connectivity index (χ2n) is 7.55. The van der Waals surface area contributed by atoms with Crippen LogP contribution in [0.4, 0.5) is 23.4 Å². The third-order valence-electron chi connectivity index (χ3n) is 5.23. The van der Waals surface area contributed by atoms with Crippen LogP contribution < -0.4 is 10.1 Å². The summed E-state index contributed by atoms with van der Waals surface area (Å²) >= 11 is 0. The molecule has 0 amide bonds. The molecule has 1 heterocycles. The summed E-state index contributed by atoms with van der Waals surface area (Å²) < 4.78 is 58.7. The Bertz CT molecular complexity index is 1350. The number of hydrogen-bond acceptors (Lipinski definition) is 4. The Morgan fingerprint density at radius 1 is 1.06 bits per heavy atom. The monoisotopic (exact) mass is 470 g/mol. The van der Waals surface area contributed by atoms with Gasteiger partial charge in [0.2, 0.25) is 0 Å². The van der Waals surface area contributed by atoms with Crippen LogP contribution in [0.2, 0.25) is 0 Å². The molecule has 4 rings (SSSR count). The molecule has 0 fully saturated rings. The van der Waals surface area contributed by atoms with Crippen molar-refractivity contribution < 1.29 is 32.2 Å². The fourth-order valence-electron chi connectivity index (χ4n) is 3.51. The number of aromatic nitrogens is 1. The number of benzene rings is 3. The molecule has 0 aliphatic heterocycles. The number of carbonyl (C=O) groups is 1. The molecule has 9 heteroatoms. The van der Waals surface area contributed by atoms with Crippen molar-refractivity contribution in [2.45, 2.75) is 19.1 Å². The average molecular weight is 470 g/mol. The summed E-state index contributed by atoms with van der Waals surface area (Å²) in [5.41, 5.74) is -0.455. The van der Waals surface area contributed by atoms with Gasteiger partial charge in [-0.15, -0.1) is 0 Å². The highest BCUT2D eigenvalue weighted by Crippen LogP contribution is 2.38. The first-order valence-corrected chi connectivity index (χ1v) is 10.2. The maximum absolute atomic E-state index is 13.7. The van der Waals surface area contributed by atoms with Gasteiger partial charge >= 0.3 is 12.1 Å². The zero-order valence-corrected chi connectivity index (χ0v) is 17.7. The molecular weight excluding hydrogens is 452 g/mol. The number of carboxylic acids is 1. The van der Waals surface area contributed by atoms with Crippen LogP contribution in [0, 0.1) is 5.82 Å². The molecule has 0 unspecified atom stereocenters. The Labute approximate surface area is 191 Å². The molecule has 3 aromatic carbocycles. The molecule has 0 spiro atoms. The van der Waals surface area contributed by atoms with Gasteiger partial charge in [0.1, 0.15) is 23.1 Å². The molecule has 5 nitrogen and oxygen atoms in total. The van der Waals surface area contributed by atoms with E-state index in [2.05, 4.69) is 10.3 Å². The van der Waals surface area contributed by atoms with E-state index in [1.807, 2.05) is 6.92 Å². The summed E-state index contributed by atoms with van der Waals surface area (Å²) in [5, 5.41) is 13.6. The van der Waals surface area contributed by atoms with E-state index in [1.54, 1.807) is 42.6 Å². The predicted octanol–water partition coefficient (Wildman–Crippen LogP) is 7.06.